The summed E-state index contributed by atoms with van der Waals surface area (Å²) >= 11 is 0. The molecule has 3 heterocycles. The quantitative estimate of drug-likeness (QED) is 0.143. The Morgan fingerprint density at radius 2 is 1.15 bits per heavy atom. The molecule has 0 fully saturated rings. The van der Waals surface area contributed by atoms with E-state index in [2.05, 4.69) is 120 Å². The maximum atomic E-state index is 4.78. The van der Waals surface area contributed by atoms with Crippen LogP contribution in [0.25, 0.3) is 45.0 Å². The van der Waals surface area contributed by atoms with Crippen molar-refractivity contribution in [2.45, 2.75) is 39.2 Å². The number of tetrazole rings is 2. The first-order valence-corrected chi connectivity index (χ1v) is 15.0. The van der Waals surface area contributed by atoms with Gasteiger partial charge in [0.15, 0.2) is 5.70 Å². The average Bonchev–Trinajstić information content (AvgIpc) is 3.89. The summed E-state index contributed by atoms with van der Waals surface area (Å²) in [4.78, 5) is 6.95. The van der Waals surface area contributed by atoms with E-state index in [-0.39, 0.29) is 59.1 Å². The molecule has 0 unspecified atom stereocenters. The molecule has 0 atom stereocenters. The van der Waals surface area contributed by atoms with E-state index in [0.717, 1.165) is 64.8 Å². The molecular weight excluding hydrogens is 606 g/mol. The molecule has 10 nitrogen and oxygen atoms in total. The molecule has 2 aromatic heterocycles. The van der Waals surface area contributed by atoms with Crippen molar-refractivity contribution in [2.75, 3.05) is 0 Å². The molecule has 0 aliphatic carbocycles. The van der Waals surface area contributed by atoms with Gasteiger partial charge in [-0.2, -0.15) is 4.90 Å². The number of rotatable bonds is 11. The van der Waals surface area contributed by atoms with Crippen LogP contribution in [-0.4, -0.2) is 42.1 Å². The van der Waals surface area contributed by atoms with Gasteiger partial charge in [0.25, 0.3) is 6.34 Å². The maximum absolute atomic E-state index is 4.78. The molecule has 220 valence electrons. The molecule has 12 heteroatoms. The van der Waals surface area contributed by atoms with Crippen LogP contribution in [0.5, 0.6) is 0 Å². The van der Waals surface area contributed by atoms with Gasteiger partial charge in [-0.05, 0) is 44.8 Å². The van der Waals surface area contributed by atoms with Crippen LogP contribution in [0.4, 0.5) is 0 Å². The second kappa shape index (κ2) is 16.3. The van der Waals surface area contributed by atoms with E-state index >= 15 is 0 Å². The van der Waals surface area contributed by atoms with E-state index in [4.69, 9.17) is 4.99 Å². The molecule has 0 saturated carbocycles. The van der Waals surface area contributed by atoms with Crippen LogP contribution >= 0.6 is 0 Å². The Morgan fingerprint density at radius 3 is 1.64 bits per heavy atom. The molecule has 4 aromatic carbocycles. The van der Waals surface area contributed by atoms with Gasteiger partial charge >= 0.3 is 59.1 Å². The van der Waals surface area contributed by atoms with Gasteiger partial charge in [0.05, 0.1) is 24.6 Å². The molecule has 0 saturated heterocycles. The van der Waals surface area contributed by atoms with Gasteiger partial charge in [0.1, 0.15) is 0 Å². The summed E-state index contributed by atoms with van der Waals surface area (Å²) < 4.78 is 0. The van der Waals surface area contributed by atoms with E-state index in [1.807, 2.05) is 36.4 Å². The Balaban J connectivity index is 0.00000217. The monoisotopic (exact) mass is 635 g/mol. The SMILES string of the molecule is CCCCC1=C(Cc2ccc(-c3ccccc3-c3nn[n-]n3)cc2)N=[C+]N1Cc1ccc(-c2ccccc2-c2nn[n-]n2)cc1.[Na+].[Na+]. The van der Waals surface area contributed by atoms with Crippen molar-refractivity contribution in [3.63, 3.8) is 0 Å². The van der Waals surface area contributed by atoms with Gasteiger partial charge in [-0.3, -0.25) is 20.9 Å². The Kier molecular flexibility index (Phi) is 12.0. The van der Waals surface area contributed by atoms with E-state index in [0.29, 0.717) is 18.2 Å². The number of allylic oxidation sites excluding steroid dienone is 2. The Morgan fingerprint density at radius 1 is 0.638 bits per heavy atom. The summed E-state index contributed by atoms with van der Waals surface area (Å²) in [6.45, 7) is 2.92. The minimum Gasteiger partial charge on any atom is -0.331 e. The second-order valence-electron chi connectivity index (χ2n) is 10.9. The van der Waals surface area contributed by atoms with Gasteiger partial charge in [-0.1, -0.05) is 110 Å². The van der Waals surface area contributed by atoms with E-state index < -0.39 is 0 Å². The van der Waals surface area contributed by atoms with Crippen LogP contribution in [0.15, 0.2) is 113 Å². The predicted octanol–water partition coefficient (Wildman–Crippen LogP) is 0.0124. The molecule has 47 heavy (non-hydrogen) atoms. The smallest absolute Gasteiger partial charge is 0.331 e. The van der Waals surface area contributed by atoms with Crippen LogP contribution < -0.4 is 69.5 Å². The van der Waals surface area contributed by atoms with Crippen molar-refractivity contribution in [2.24, 2.45) is 4.99 Å². The zero-order chi connectivity index (χ0) is 30.4. The summed E-state index contributed by atoms with van der Waals surface area (Å²) in [6, 6.07) is 33.3. The number of aliphatic imine (C=N–C) groups is 1. The third-order valence-corrected chi connectivity index (χ3v) is 7.95. The van der Waals surface area contributed by atoms with Gasteiger partial charge in [-0.15, -0.1) is 0 Å². The third-order valence-electron chi connectivity index (χ3n) is 7.95. The zero-order valence-corrected chi connectivity index (χ0v) is 30.7. The van der Waals surface area contributed by atoms with Gasteiger partial charge < -0.3 is 10.2 Å². The topological polar surface area (TPSA) is 121 Å². The van der Waals surface area contributed by atoms with E-state index in [1.54, 1.807) is 0 Å². The minimum absolute atomic E-state index is 0. The van der Waals surface area contributed by atoms with Crippen molar-refractivity contribution in [3.05, 3.63) is 120 Å². The molecule has 0 bridgehead atoms. The zero-order valence-electron chi connectivity index (χ0n) is 26.7. The fraction of sp³-hybridized carbons (Fsp3) is 0.171. The Labute approximate surface area is 317 Å². The second-order valence-corrected chi connectivity index (χ2v) is 10.9. The van der Waals surface area contributed by atoms with Crippen molar-refractivity contribution >= 4 is 6.34 Å². The van der Waals surface area contributed by atoms with Crippen LogP contribution in [0.2, 0.25) is 0 Å². The average molecular weight is 636 g/mol. The fourth-order valence-corrected chi connectivity index (χ4v) is 5.63. The van der Waals surface area contributed by atoms with Crippen LogP contribution in [0.1, 0.15) is 37.3 Å². The van der Waals surface area contributed by atoms with Gasteiger partial charge in [-0.25, -0.2) is 10.2 Å². The molecule has 1 aliphatic heterocycles. The number of hydrogen-bond donors (Lipinski definition) is 0. The first-order valence-electron chi connectivity index (χ1n) is 15.0. The van der Waals surface area contributed by atoms with Gasteiger partial charge in [0.2, 0.25) is 5.70 Å². The van der Waals surface area contributed by atoms with Crippen LogP contribution in [0.3, 0.4) is 0 Å². The molecule has 6 aromatic rings. The first-order chi connectivity index (χ1) is 22.3. The summed E-state index contributed by atoms with van der Waals surface area (Å²) in [7, 11) is 0. The number of nitrogens with zero attached hydrogens (tertiary/aromatic N) is 10. The summed E-state index contributed by atoms with van der Waals surface area (Å²) in [5.41, 5.74) is 10.8. The Bertz CT molecular complexity index is 1940. The maximum Gasteiger partial charge on any atom is 1.00 e. The van der Waals surface area contributed by atoms with Gasteiger partial charge in [0, 0.05) is 17.5 Å². The van der Waals surface area contributed by atoms with Crippen LogP contribution in [0, 0.1) is 0 Å². The fourth-order valence-electron chi connectivity index (χ4n) is 5.63. The summed E-state index contributed by atoms with van der Waals surface area (Å²) in [6.07, 6.45) is 7.21. The molecule has 0 amide bonds. The standard InChI is InChI=1S/C35H29N10.2Na/c1-2-3-12-33-32(21-24-13-17-26(18-14-24)28-8-4-6-10-30(28)34-37-41-42-38-34)36-23-45(33)22-25-15-19-27(20-16-25)29-9-5-7-11-31(29)35-39-43-44-40-35;;/h4-11,13-20H,2-3,12,21-22H2,1H3;;/q-1;2*+1. The largest absolute Gasteiger partial charge is 1.00 e. The molecule has 0 spiro atoms. The minimum atomic E-state index is 0. The predicted molar refractivity (Wildman–Crippen MR) is 171 cm³/mol. The molecule has 0 radical (unpaired) electrons. The van der Waals surface area contributed by atoms with Crippen molar-refractivity contribution < 1.29 is 59.1 Å². The number of hydrogen-bond acceptors (Lipinski definition) is 8. The first kappa shape index (κ1) is 34.5. The Hall–Kier alpha value is -3.86. The molecule has 1 aliphatic rings. The van der Waals surface area contributed by atoms with Crippen molar-refractivity contribution in [1.29, 1.82) is 0 Å². The van der Waals surface area contributed by atoms with E-state index in [1.165, 1.54) is 16.8 Å². The number of benzene rings is 4. The van der Waals surface area contributed by atoms with Crippen LogP contribution in [-0.2, 0) is 13.0 Å². The van der Waals surface area contributed by atoms with E-state index in [9.17, 15) is 0 Å². The summed E-state index contributed by atoms with van der Waals surface area (Å²) in [5, 5.41) is 30.8. The number of aromatic nitrogens is 8. The number of unbranched alkanes of at least 4 members (excludes halogenated alkanes) is 1. The normalized spacial score (nSPS) is 12.1. The summed E-state index contributed by atoms with van der Waals surface area (Å²) in [5.74, 6) is 1.05. The molecule has 7 rings (SSSR count). The van der Waals surface area contributed by atoms with Crippen molar-refractivity contribution in [1.82, 2.24) is 46.1 Å². The molecule has 0 N–H and O–H groups in total. The van der Waals surface area contributed by atoms with Crippen molar-refractivity contribution in [3.8, 4) is 45.0 Å². The third kappa shape index (κ3) is 7.83. The molecular formula is C35H29N10Na2+.